The fraction of sp³-hybridized carbons (Fsp3) is 0.176. The number of sulfonamides is 1. The predicted molar refractivity (Wildman–Crippen MR) is 99.3 cm³/mol. The molecule has 2 N–H and O–H groups in total. The number of imidazole rings is 1. The molecule has 1 heterocycles. The van der Waals surface area contributed by atoms with E-state index in [-0.39, 0.29) is 11.6 Å². The molecule has 3 rings (SSSR count). The summed E-state index contributed by atoms with van der Waals surface area (Å²) in [7, 11) is -4.92. The molecule has 0 aliphatic rings. The molecule has 0 fully saturated rings. The molecule has 0 bridgehead atoms. The Hall–Kier alpha value is -2.63. The summed E-state index contributed by atoms with van der Waals surface area (Å²) < 4.78 is 67.2. The number of aromatic nitrogens is 2. The maximum atomic E-state index is 14.0. The quantitative estimate of drug-likeness (QED) is 0.358. The fourth-order valence-electron chi connectivity index (χ4n) is 2.82. The number of rotatable bonds is 5. The Morgan fingerprint density at radius 3 is 2.55 bits per heavy atom. The number of carbonyl (C=O) groups excluding carboxylic acids is 1. The summed E-state index contributed by atoms with van der Waals surface area (Å²) in [6.07, 6.45) is 0. The summed E-state index contributed by atoms with van der Waals surface area (Å²) in [4.78, 5) is 16.6. The van der Waals surface area contributed by atoms with Crippen LogP contribution in [0.25, 0.3) is 11.0 Å². The summed E-state index contributed by atoms with van der Waals surface area (Å²) >= 11 is 5.30. The number of hydrogen-bond acceptors (Lipinski definition) is 4. The molecule has 0 unspecified atom stereocenters. The van der Waals surface area contributed by atoms with Gasteiger partial charge in [-0.1, -0.05) is 11.6 Å². The molecular weight excluding hydrogens is 433 g/mol. The van der Waals surface area contributed by atoms with Gasteiger partial charge in [-0.25, -0.2) is 26.6 Å². The van der Waals surface area contributed by atoms with Crippen molar-refractivity contribution >= 4 is 38.6 Å². The first-order chi connectivity index (χ1) is 13.6. The highest BCUT2D eigenvalue weighted by atomic mass is 35.5. The maximum Gasteiger partial charge on any atom is 0.266 e. The topological polar surface area (TPSA) is 93.1 Å². The normalized spacial score (nSPS) is 11.8. The van der Waals surface area contributed by atoms with Crippen molar-refractivity contribution < 1.29 is 26.4 Å². The summed E-state index contributed by atoms with van der Waals surface area (Å²) in [5, 5.41) is -1.19. The number of hydrogen-bond donors (Lipinski definition) is 2. The number of nitrogens with zero attached hydrogens (tertiary/aromatic N) is 2. The first-order valence-electron chi connectivity index (χ1n) is 8.18. The minimum atomic E-state index is -4.92. The lowest BCUT2D eigenvalue weighted by Crippen LogP contribution is -2.42. The van der Waals surface area contributed by atoms with Crippen molar-refractivity contribution in [2.75, 3.05) is 0 Å². The van der Waals surface area contributed by atoms with E-state index in [1.807, 2.05) is 16.9 Å². The van der Waals surface area contributed by atoms with Crippen LogP contribution in [0, 0.1) is 24.4 Å². The number of fused-ring (bicyclic) bond motifs is 1. The van der Waals surface area contributed by atoms with E-state index in [1.54, 1.807) is 17.8 Å². The van der Waals surface area contributed by atoms with E-state index in [4.69, 9.17) is 11.6 Å². The Bertz CT molecular complexity index is 1240. The number of nitrogens with one attached hydrogen (secondary N) is 2. The van der Waals surface area contributed by atoms with Crippen LogP contribution in [0.4, 0.5) is 13.2 Å². The maximum absolute atomic E-state index is 14.0. The van der Waals surface area contributed by atoms with Gasteiger partial charge < -0.3 is 4.57 Å². The Morgan fingerprint density at radius 1 is 1.21 bits per heavy atom. The minimum Gasteiger partial charge on any atom is -0.329 e. The van der Waals surface area contributed by atoms with E-state index in [9.17, 15) is 26.4 Å². The number of carbonyl (C=O) groups is 1. The second-order valence-corrected chi connectivity index (χ2v) is 7.96. The van der Waals surface area contributed by atoms with Gasteiger partial charge in [0.2, 0.25) is 0 Å². The van der Waals surface area contributed by atoms with Gasteiger partial charge in [0.1, 0.15) is 22.5 Å². The molecule has 0 saturated carbocycles. The highest BCUT2D eigenvalue weighted by Gasteiger charge is 2.29. The molecule has 0 spiro atoms. The second-order valence-electron chi connectivity index (χ2n) is 5.96. The van der Waals surface area contributed by atoms with Crippen LogP contribution in [0.2, 0.25) is 5.02 Å². The minimum absolute atomic E-state index is 0.0547. The van der Waals surface area contributed by atoms with Crippen LogP contribution in [-0.2, 0) is 16.6 Å². The zero-order chi connectivity index (χ0) is 21.5. The lowest BCUT2D eigenvalue weighted by molar-refractivity contribution is 0.0945. The summed E-state index contributed by atoms with van der Waals surface area (Å²) in [5.41, 5.74) is 3.20. The molecule has 154 valence electrons. The SMILES string of the molecule is CCn1c(C)nc2cc(C(=O)NNS(=O)(=O)c3c(F)cc(F)c(Cl)c3F)ccc21. The summed E-state index contributed by atoms with van der Waals surface area (Å²) in [6.45, 7) is 4.41. The second kappa shape index (κ2) is 7.65. The predicted octanol–water partition coefficient (Wildman–Crippen LogP) is 3.06. The standard InChI is InChI=1S/C17H14ClF3N4O3S/c1-3-25-8(2)22-12-6-9(4-5-13(12)25)17(26)23-24-29(27,28)16-11(20)7-10(19)14(18)15(16)21/h4-7,24H,3H2,1-2H3,(H,23,26). The average Bonchev–Trinajstić information content (AvgIpc) is 2.98. The number of hydrazine groups is 1. The van der Waals surface area contributed by atoms with Crippen LogP contribution >= 0.6 is 11.6 Å². The first-order valence-corrected chi connectivity index (χ1v) is 10.0. The number of aryl methyl sites for hydroxylation is 2. The van der Waals surface area contributed by atoms with Crippen LogP contribution in [0.1, 0.15) is 23.1 Å². The molecule has 0 atom stereocenters. The Balaban J connectivity index is 1.85. The van der Waals surface area contributed by atoms with Crippen LogP contribution in [0.3, 0.4) is 0 Å². The van der Waals surface area contributed by atoms with Gasteiger partial charge in [-0.2, -0.15) is 0 Å². The van der Waals surface area contributed by atoms with Gasteiger partial charge in [0.05, 0.1) is 11.0 Å². The van der Waals surface area contributed by atoms with Crippen molar-refractivity contribution in [3.63, 3.8) is 0 Å². The van der Waals surface area contributed by atoms with Crippen molar-refractivity contribution in [3.8, 4) is 0 Å². The smallest absolute Gasteiger partial charge is 0.266 e. The monoisotopic (exact) mass is 446 g/mol. The lowest BCUT2D eigenvalue weighted by atomic mass is 10.2. The van der Waals surface area contributed by atoms with Gasteiger partial charge in [0.25, 0.3) is 15.9 Å². The Kier molecular flexibility index (Phi) is 5.57. The summed E-state index contributed by atoms with van der Waals surface area (Å²) in [6, 6.07) is 4.65. The van der Waals surface area contributed by atoms with Crippen LogP contribution in [0.5, 0.6) is 0 Å². The van der Waals surface area contributed by atoms with Crippen LogP contribution in [-0.4, -0.2) is 23.9 Å². The van der Waals surface area contributed by atoms with Crippen molar-refractivity contribution in [3.05, 3.63) is 58.1 Å². The zero-order valence-corrected chi connectivity index (χ0v) is 16.6. The van der Waals surface area contributed by atoms with Gasteiger partial charge in [0, 0.05) is 18.2 Å². The third-order valence-corrected chi connectivity index (χ3v) is 5.79. The first kappa shape index (κ1) is 21.1. The van der Waals surface area contributed by atoms with Gasteiger partial charge in [-0.15, -0.1) is 4.83 Å². The lowest BCUT2D eigenvalue weighted by Gasteiger charge is -2.11. The Labute approximate surface area is 168 Å². The van der Waals surface area contributed by atoms with Crippen molar-refractivity contribution in [1.82, 2.24) is 19.8 Å². The molecule has 1 aromatic heterocycles. The molecule has 12 heteroatoms. The van der Waals surface area contributed by atoms with Crippen molar-refractivity contribution in [1.29, 1.82) is 0 Å². The van der Waals surface area contributed by atoms with Crippen LogP contribution < -0.4 is 10.3 Å². The number of amides is 1. The highest BCUT2D eigenvalue weighted by Crippen LogP contribution is 2.27. The molecule has 3 aromatic rings. The molecule has 7 nitrogen and oxygen atoms in total. The third-order valence-electron chi connectivity index (χ3n) is 4.16. The van der Waals surface area contributed by atoms with E-state index in [2.05, 4.69) is 4.98 Å². The molecule has 0 radical (unpaired) electrons. The molecule has 29 heavy (non-hydrogen) atoms. The fourth-order valence-corrected chi connectivity index (χ4v) is 4.01. The Morgan fingerprint density at radius 2 is 1.90 bits per heavy atom. The molecule has 0 saturated heterocycles. The number of benzene rings is 2. The van der Waals surface area contributed by atoms with Crippen molar-refractivity contribution in [2.24, 2.45) is 0 Å². The van der Waals surface area contributed by atoms with Gasteiger partial charge in [-0.05, 0) is 32.0 Å². The van der Waals surface area contributed by atoms with E-state index in [1.165, 1.54) is 12.1 Å². The van der Waals surface area contributed by atoms with Gasteiger partial charge in [-0.3, -0.25) is 10.2 Å². The zero-order valence-electron chi connectivity index (χ0n) is 15.1. The number of halogens is 4. The van der Waals surface area contributed by atoms with E-state index < -0.39 is 43.3 Å². The average molecular weight is 447 g/mol. The van der Waals surface area contributed by atoms with E-state index in [0.29, 0.717) is 12.1 Å². The van der Waals surface area contributed by atoms with Gasteiger partial charge >= 0.3 is 0 Å². The highest BCUT2D eigenvalue weighted by molar-refractivity contribution is 7.89. The summed E-state index contributed by atoms with van der Waals surface area (Å²) in [5.74, 6) is -5.13. The molecule has 0 aliphatic heterocycles. The van der Waals surface area contributed by atoms with E-state index in [0.717, 1.165) is 11.3 Å². The molecule has 1 amide bonds. The van der Waals surface area contributed by atoms with Crippen LogP contribution in [0.15, 0.2) is 29.2 Å². The third kappa shape index (κ3) is 3.80. The molecular formula is C17H14ClF3N4O3S. The van der Waals surface area contributed by atoms with E-state index >= 15 is 0 Å². The van der Waals surface area contributed by atoms with Crippen molar-refractivity contribution in [2.45, 2.75) is 25.3 Å². The van der Waals surface area contributed by atoms with Gasteiger partial charge in [0.15, 0.2) is 10.7 Å². The largest absolute Gasteiger partial charge is 0.329 e. The molecule has 2 aromatic carbocycles. The molecule has 0 aliphatic carbocycles.